The molecule has 9 heteroatoms. The average molecular weight is 555 g/mol. The van der Waals surface area contributed by atoms with Crippen molar-refractivity contribution in [3.63, 3.8) is 0 Å². The van der Waals surface area contributed by atoms with Gasteiger partial charge >= 0.3 is 12.1 Å². The van der Waals surface area contributed by atoms with Gasteiger partial charge in [-0.3, -0.25) is 0 Å². The third-order valence-corrected chi connectivity index (χ3v) is 7.71. The Morgan fingerprint density at radius 1 is 0.900 bits per heavy atom. The molecule has 2 bridgehead atoms. The summed E-state index contributed by atoms with van der Waals surface area (Å²) in [7, 11) is 0. The molecule has 3 aromatic rings. The molecule has 212 valence electrons. The van der Waals surface area contributed by atoms with E-state index >= 15 is 0 Å². The number of nitrogens with one attached hydrogen (secondary N) is 1. The van der Waals surface area contributed by atoms with E-state index in [4.69, 9.17) is 14.6 Å². The number of carbonyl (C=O) groups excluding carboxylic acids is 2. The zero-order valence-electron chi connectivity index (χ0n) is 22.1. The number of piperidine rings is 3. The number of rotatable bonds is 8. The largest absolute Gasteiger partial charge is 0.542 e. The molecule has 0 aliphatic carbocycles. The number of fused-ring (bicyclic) bond motifs is 3. The van der Waals surface area contributed by atoms with Gasteiger partial charge in [0.15, 0.2) is 12.1 Å². The monoisotopic (exact) mass is 554 g/mol. The summed E-state index contributed by atoms with van der Waals surface area (Å²) in [6, 6.07) is 30.0. The molecule has 3 aromatic carbocycles. The maximum atomic E-state index is 13.5. The fraction of sp³-hybridized carbons (Fsp3) is 0.355. The summed E-state index contributed by atoms with van der Waals surface area (Å²) in [6.07, 6.45) is -1.82. The zero-order chi connectivity index (χ0) is 28.6. The van der Waals surface area contributed by atoms with Crippen LogP contribution in [0.2, 0.25) is 0 Å². The van der Waals surface area contributed by atoms with Gasteiger partial charge in [-0.15, -0.1) is 0 Å². The summed E-state index contributed by atoms with van der Waals surface area (Å²) in [5.74, 6) is -2.70. The van der Waals surface area contributed by atoms with Gasteiger partial charge in [-0.2, -0.15) is 13.2 Å². The van der Waals surface area contributed by atoms with Crippen LogP contribution in [0.15, 0.2) is 91.0 Å². The van der Waals surface area contributed by atoms with E-state index in [-0.39, 0.29) is 12.1 Å². The Balaban J connectivity index is 0.000000470. The number of nitrogens with zero attached hydrogens (tertiary/aromatic N) is 1. The van der Waals surface area contributed by atoms with Crippen molar-refractivity contribution in [1.29, 1.82) is 0 Å². The summed E-state index contributed by atoms with van der Waals surface area (Å²) in [4.78, 5) is 22.3. The van der Waals surface area contributed by atoms with Gasteiger partial charge in [0.2, 0.25) is 0 Å². The number of carbonyl (C=O) groups is 2. The second-order valence-corrected chi connectivity index (χ2v) is 10.4. The second-order valence-electron chi connectivity index (χ2n) is 10.4. The van der Waals surface area contributed by atoms with Gasteiger partial charge in [0.1, 0.15) is 12.5 Å². The minimum Gasteiger partial charge on any atom is -0.542 e. The Morgan fingerprint density at radius 3 is 1.98 bits per heavy atom. The van der Waals surface area contributed by atoms with E-state index < -0.39 is 18.2 Å². The smallest absolute Gasteiger partial charge is 0.430 e. The van der Waals surface area contributed by atoms with Crippen molar-refractivity contribution >= 4 is 17.6 Å². The zero-order valence-corrected chi connectivity index (χ0v) is 22.1. The van der Waals surface area contributed by atoms with Gasteiger partial charge in [0.05, 0.1) is 19.6 Å². The van der Waals surface area contributed by atoms with Gasteiger partial charge in [-0.25, -0.2) is 4.79 Å². The first-order valence-corrected chi connectivity index (χ1v) is 13.4. The third-order valence-electron chi connectivity index (χ3n) is 7.71. The molecule has 6 nitrogen and oxygen atoms in total. The molecule has 0 amide bonds. The highest BCUT2D eigenvalue weighted by Gasteiger charge is 2.47. The topological polar surface area (TPSA) is 78.5 Å². The number of ether oxygens (including phenoxy) is 1. The Bertz CT molecular complexity index is 1230. The van der Waals surface area contributed by atoms with Crippen LogP contribution in [0.5, 0.6) is 0 Å². The first kappa shape index (κ1) is 29.1. The van der Waals surface area contributed by atoms with Crippen LogP contribution in [0.3, 0.4) is 0 Å². The number of esters is 1. The van der Waals surface area contributed by atoms with Gasteiger partial charge in [0.25, 0.3) is 0 Å². The lowest BCUT2D eigenvalue weighted by molar-refractivity contribution is -0.946. The van der Waals surface area contributed by atoms with E-state index in [0.29, 0.717) is 5.92 Å². The van der Waals surface area contributed by atoms with Gasteiger partial charge in [0, 0.05) is 30.9 Å². The maximum absolute atomic E-state index is 13.5. The molecule has 0 aromatic heterocycles. The summed E-state index contributed by atoms with van der Waals surface area (Å²) in [5.41, 5.74) is 3.24. The molecule has 0 spiro atoms. The van der Waals surface area contributed by atoms with Crippen molar-refractivity contribution in [3.05, 3.63) is 102 Å². The van der Waals surface area contributed by atoms with E-state index in [0.717, 1.165) is 48.1 Å². The van der Waals surface area contributed by atoms with Gasteiger partial charge < -0.3 is 24.4 Å². The van der Waals surface area contributed by atoms with Crippen LogP contribution in [-0.2, 0) is 20.7 Å². The number of quaternary nitrogens is 1. The molecule has 3 aliphatic rings. The minimum absolute atomic E-state index is 0.000408. The molecule has 3 fully saturated rings. The van der Waals surface area contributed by atoms with Crippen LogP contribution >= 0.6 is 0 Å². The summed E-state index contributed by atoms with van der Waals surface area (Å²) in [5, 5.41) is 12.2. The van der Waals surface area contributed by atoms with Crippen LogP contribution < -0.4 is 10.4 Å². The predicted octanol–water partition coefficient (Wildman–Crippen LogP) is 4.53. The number of hydrogen-bond donors (Lipinski definition) is 1. The normalized spacial score (nSPS) is 22.4. The summed E-state index contributed by atoms with van der Waals surface area (Å²) >= 11 is 0. The minimum atomic E-state index is -5.19. The second kappa shape index (κ2) is 13.0. The number of benzene rings is 3. The standard InChI is InChI=1S/C29H33N2O2.C2HF3O2/c32-29(28(25-12-6-2-7-13-25)30-26-14-8-3-9-15-26)33-27-22-31(20-17-24(27)18-21-31)19-16-23-10-4-1-5-11-23;3-2(4,5)1(6)7/h1-15,24,27-28,30H,16-22H2;(H,6,7)/q+1;/p-1/t24?,27-,28?,31?;/m0./s1. The molecule has 3 heterocycles. The van der Waals surface area contributed by atoms with Crippen LogP contribution in [0.1, 0.15) is 30.0 Å². The Labute approximate surface area is 232 Å². The lowest BCUT2D eigenvalue weighted by Crippen LogP contribution is -2.65. The van der Waals surface area contributed by atoms with Crippen molar-refractivity contribution in [1.82, 2.24) is 0 Å². The number of carboxylic acids is 1. The molecule has 6 rings (SSSR count). The van der Waals surface area contributed by atoms with Crippen molar-refractivity contribution in [2.75, 3.05) is 31.5 Å². The van der Waals surface area contributed by atoms with E-state index in [9.17, 15) is 18.0 Å². The highest BCUT2D eigenvalue weighted by atomic mass is 19.4. The Morgan fingerprint density at radius 2 is 1.43 bits per heavy atom. The van der Waals surface area contributed by atoms with Crippen LogP contribution in [0.25, 0.3) is 0 Å². The fourth-order valence-electron chi connectivity index (χ4n) is 5.52. The maximum Gasteiger partial charge on any atom is 0.430 e. The van der Waals surface area contributed by atoms with Gasteiger partial charge in [-0.05, 0) is 23.3 Å². The van der Waals surface area contributed by atoms with Gasteiger partial charge in [-0.1, -0.05) is 78.9 Å². The van der Waals surface area contributed by atoms with Crippen LogP contribution in [0, 0.1) is 5.92 Å². The van der Waals surface area contributed by atoms with E-state index in [1.807, 2.05) is 60.7 Å². The van der Waals surface area contributed by atoms with Crippen molar-refractivity contribution in [2.45, 2.75) is 37.6 Å². The highest BCUT2D eigenvalue weighted by molar-refractivity contribution is 5.81. The van der Waals surface area contributed by atoms with Crippen molar-refractivity contribution in [3.8, 4) is 0 Å². The molecule has 40 heavy (non-hydrogen) atoms. The molecule has 0 radical (unpaired) electrons. The molecular weight excluding hydrogens is 521 g/mol. The molecule has 0 saturated carbocycles. The molecule has 2 atom stereocenters. The number of halogens is 3. The van der Waals surface area contributed by atoms with Crippen LogP contribution in [-0.4, -0.2) is 54.9 Å². The van der Waals surface area contributed by atoms with Crippen molar-refractivity contribution < 1.29 is 37.1 Å². The number of carboxylic acid groups (broad SMARTS) is 1. The molecular formula is C31H33F3N2O4. The SMILES string of the molecule is O=C(O[C@H]1C[N+]2(CCc3ccccc3)CCC1CC2)C(Nc1ccccc1)c1ccccc1.O=C([O-])C(F)(F)F. The first-order valence-electron chi connectivity index (χ1n) is 13.4. The lowest BCUT2D eigenvalue weighted by Gasteiger charge is -2.52. The molecule has 3 saturated heterocycles. The quantitative estimate of drug-likeness (QED) is 0.327. The fourth-order valence-corrected chi connectivity index (χ4v) is 5.52. The number of aliphatic carboxylic acids is 1. The third kappa shape index (κ3) is 7.85. The van der Waals surface area contributed by atoms with E-state index in [1.165, 1.54) is 18.7 Å². The van der Waals surface area contributed by atoms with Crippen molar-refractivity contribution in [2.24, 2.45) is 5.92 Å². The van der Waals surface area contributed by atoms with E-state index in [1.54, 1.807) is 0 Å². The summed E-state index contributed by atoms with van der Waals surface area (Å²) in [6.45, 7) is 4.47. The predicted molar refractivity (Wildman–Crippen MR) is 143 cm³/mol. The molecule has 1 unspecified atom stereocenters. The number of hydrogen-bond acceptors (Lipinski definition) is 5. The summed E-state index contributed by atoms with van der Waals surface area (Å²) < 4.78 is 38.9. The Kier molecular flexibility index (Phi) is 9.47. The van der Waals surface area contributed by atoms with Crippen LogP contribution in [0.4, 0.5) is 18.9 Å². The lowest BCUT2D eigenvalue weighted by atomic mass is 9.83. The Hall–Kier alpha value is -3.85. The first-order chi connectivity index (χ1) is 19.2. The number of anilines is 1. The highest BCUT2D eigenvalue weighted by Crippen LogP contribution is 2.36. The number of para-hydroxylation sites is 1. The van der Waals surface area contributed by atoms with E-state index in [2.05, 4.69) is 35.6 Å². The average Bonchev–Trinajstić information content (AvgIpc) is 2.97. The molecule has 1 N–H and O–H groups in total. The molecule has 3 aliphatic heterocycles. The number of alkyl halides is 3.